The standard InChI is InChI=1S/C15H24N2O4SSi.C14H21N2O3SSi.C11H14N2O4.C10H11N2O3.2C2H3Cl3.2Y/c1-10-8-17(15(20)16-13(10)19)14-12(7-11(9-18)21-14)22-5-6-23(2,3)4;1-21(2,3)8-7-20-12-9-11(10-17)19-13(12)16-6-4-5-15-14(16)18;1-6-3-8(5-14)17-10(6)13-4-7(2)9(15)12-11(13)16;1-7-5-8(6-13)15-9(7)12-4-2-3-11-10(12)14;2*1-2(3,4)5;;/h7-8,11,14,18H,5-6,9H2,1-4H3,(H,16,19,20);4,6,9,11,13,17H,7-8,10H2,1-3H3;3-4,8,10,14H,5H2,1-2H3,(H,12,15,16);2,4-5,8-9,13H,6H2,1H3;2*1H3;;/q;-1;;-1;;;;/t11-,14+;11-,13+;8-,10+;8-,9+;;;;/m0000..../s1. The number of aryl methyl sites for hydroxylation is 2. The molecule has 0 bridgehead atoms. The van der Waals surface area contributed by atoms with Gasteiger partial charge < -0.3 is 68.1 Å². The second kappa shape index (κ2) is 39.6. The van der Waals surface area contributed by atoms with Crippen molar-refractivity contribution < 1.29 is 105 Å². The number of aromatic amines is 2. The molecule has 4 aliphatic rings. The van der Waals surface area contributed by atoms with E-state index in [1.807, 2.05) is 26.0 Å². The van der Waals surface area contributed by atoms with Gasteiger partial charge in [0.15, 0.2) is 20.0 Å². The van der Waals surface area contributed by atoms with Crippen molar-refractivity contribution in [2.45, 2.75) is 150 Å². The number of hydrogen-bond donors (Lipinski definition) is 6. The third-order valence-corrected chi connectivity index (χ3v) is 18.1. The first kappa shape index (κ1) is 84.9. The van der Waals surface area contributed by atoms with Crippen LogP contribution >= 0.6 is 93.1 Å². The molecule has 0 spiro atoms. The molecule has 0 fully saturated rings. The molecule has 4 aromatic rings. The zero-order valence-corrected chi connectivity index (χ0v) is 64.7. The normalized spacial score (nSPS) is 21.2. The fourth-order valence-electron chi connectivity index (χ4n) is 7.53. The number of alkyl halides is 6. The molecule has 0 aromatic carbocycles. The molecular weight excluding hydrogens is 1500 g/mol. The Bertz CT molecular complexity index is 3320. The van der Waals surface area contributed by atoms with E-state index in [9.17, 15) is 39.0 Å². The van der Waals surface area contributed by atoms with Crippen molar-refractivity contribution in [2.75, 3.05) is 37.9 Å². The van der Waals surface area contributed by atoms with Gasteiger partial charge in [0, 0.05) is 115 Å². The molecule has 0 amide bonds. The molecular formula is C54H76Cl6N8O14S2Si2Y2-2. The van der Waals surface area contributed by atoms with Gasteiger partial charge in [-0.05, 0) is 88.4 Å². The summed E-state index contributed by atoms with van der Waals surface area (Å²) in [5.74, 6) is 1.96. The molecule has 2 radical (unpaired) electrons. The molecule has 4 aliphatic heterocycles. The maximum atomic E-state index is 12.1. The number of thioether (sulfide) groups is 2. The maximum absolute atomic E-state index is 12.1. The number of halogens is 6. The van der Waals surface area contributed by atoms with Crippen LogP contribution in [0.5, 0.6) is 0 Å². The van der Waals surface area contributed by atoms with Crippen LogP contribution in [0.2, 0.25) is 51.4 Å². The quantitative estimate of drug-likeness (QED) is 0.0269. The van der Waals surface area contributed by atoms with Crippen LogP contribution in [0.1, 0.15) is 63.7 Å². The maximum Gasteiger partial charge on any atom is 0.330 e. The Labute approximate surface area is 602 Å². The van der Waals surface area contributed by atoms with Crippen LogP contribution in [0.15, 0.2) is 111 Å². The van der Waals surface area contributed by atoms with Crippen molar-refractivity contribution in [1.82, 2.24) is 38.2 Å². The molecule has 8 atom stereocenters. The second-order valence-corrected chi connectivity index (χ2v) is 41.4. The minimum atomic E-state index is -1.14. The van der Waals surface area contributed by atoms with Gasteiger partial charge in [-0.1, -0.05) is 146 Å². The fourth-order valence-corrected chi connectivity index (χ4v) is 14.8. The Morgan fingerprint density at radius 2 is 0.807 bits per heavy atom. The number of H-pyrrole nitrogens is 2. The first-order valence-corrected chi connectivity index (χ1v) is 38.3. The third kappa shape index (κ3) is 30.9. The first-order chi connectivity index (χ1) is 39.9. The number of aliphatic hydroxyl groups is 4. The van der Waals surface area contributed by atoms with Crippen LogP contribution in [-0.4, -0.2) is 145 Å². The Morgan fingerprint density at radius 3 is 1.11 bits per heavy atom. The molecule has 34 heteroatoms. The minimum Gasteiger partial charge on any atom is -0.393 e. The van der Waals surface area contributed by atoms with Gasteiger partial charge in [-0.25, -0.2) is 9.59 Å². The number of nitrogens with one attached hydrogen (secondary N) is 2. The van der Waals surface area contributed by atoms with Gasteiger partial charge in [-0.15, -0.1) is 35.7 Å². The van der Waals surface area contributed by atoms with Crippen LogP contribution in [0.4, 0.5) is 0 Å². The molecule has 88 heavy (non-hydrogen) atoms. The summed E-state index contributed by atoms with van der Waals surface area (Å²) in [6, 6.07) is 5.48. The average molecular weight is 1570 g/mol. The van der Waals surface area contributed by atoms with Crippen LogP contribution in [0, 0.1) is 26.2 Å². The van der Waals surface area contributed by atoms with Gasteiger partial charge in [0.1, 0.15) is 36.9 Å². The van der Waals surface area contributed by atoms with E-state index in [2.05, 4.69) is 71.6 Å². The van der Waals surface area contributed by atoms with Crippen LogP contribution in [-0.2, 0) is 84.4 Å². The Morgan fingerprint density at radius 1 is 0.523 bits per heavy atom. The second-order valence-electron chi connectivity index (χ2n) is 22.1. The predicted molar refractivity (Wildman–Crippen MR) is 348 cm³/mol. The summed E-state index contributed by atoms with van der Waals surface area (Å²) < 4.78 is 25.8. The topological polar surface area (TPSA) is 297 Å². The monoisotopic (exact) mass is 1570 g/mol. The summed E-state index contributed by atoms with van der Waals surface area (Å²) in [6.45, 7) is 23.4. The van der Waals surface area contributed by atoms with E-state index in [0.717, 1.165) is 38.5 Å². The van der Waals surface area contributed by atoms with E-state index >= 15 is 0 Å². The molecule has 8 heterocycles. The summed E-state index contributed by atoms with van der Waals surface area (Å²) >= 11 is 33.7. The number of hydrogen-bond acceptors (Lipinski definition) is 18. The molecule has 0 saturated heterocycles. The van der Waals surface area contributed by atoms with E-state index in [1.54, 1.807) is 74.0 Å². The van der Waals surface area contributed by atoms with E-state index in [-0.39, 0.29) is 110 Å². The van der Waals surface area contributed by atoms with Gasteiger partial charge in [-0.3, -0.25) is 28.7 Å². The van der Waals surface area contributed by atoms with Crippen LogP contribution in [0.25, 0.3) is 0 Å². The number of rotatable bonds is 16. The average Bonchev–Trinajstić information content (AvgIpc) is 2.93. The summed E-state index contributed by atoms with van der Waals surface area (Å²) in [5, 5.41) is 36.6. The number of ether oxygens (including phenoxy) is 4. The summed E-state index contributed by atoms with van der Waals surface area (Å²) in [6.07, 6.45) is 14.9. The van der Waals surface area contributed by atoms with E-state index in [1.165, 1.54) is 50.6 Å². The van der Waals surface area contributed by atoms with Gasteiger partial charge >= 0.3 is 11.4 Å². The summed E-state index contributed by atoms with van der Waals surface area (Å²) in [5.41, 5.74) is 0.0104. The Hall–Kier alpha value is -1.16. The van der Waals surface area contributed by atoms with Gasteiger partial charge in [0.05, 0.1) is 26.4 Å². The Balaban J connectivity index is 0.000000557. The van der Waals surface area contributed by atoms with Crippen molar-refractivity contribution in [3.8, 4) is 0 Å². The largest absolute Gasteiger partial charge is 0.393 e. The molecule has 22 nitrogen and oxygen atoms in total. The molecule has 0 aliphatic carbocycles. The zero-order valence-electron chi connectivity index (χ0n) is 50.8. The number of aromatic nitrogens is 8. The van der Waals surface area contributed by atoms with E-state index < -0.39 is 89.2 Å². The van der Waals surface area contributed by atoms with Crippen molar-refractivity contribution >= 4 is 109 Å². The third-order valence-electron chi connectivity index (χ3n) is 11.7. The molecule has 0 unspecified atom stereocenters. The Kier molecular flexibility index (Phi) is 38.2. The van der Waals surface area contributed by atoms with Crippen LogP contribution in [0.3, 0.4) is 0 Å². The summed E-state index contributed by atoms with van der Waals surface area (Å²) in [7, 11) is -2.23. The van der Waals surface area contributed by atoms with E-state index in [4.69, 9.17) is 98.8 Å². The molecule has 6 N–H and O–H groups in total. The zero-order chi connectivity index (χ0) is 65.1. The SMILES string of the molecule is CC(Cl)(Cl)Cl.CC(Cl)(Cl)Cl.CC1=C[C@@H](CO)O[C@H]1n1cc(C)c(=O)[nH]c1=O.CC1=C[C@@H](CO)O[C@H]1n1cc[c-]nc1=O.C[Si](C)(C)CCSC1=C[C@@H](CO)O[C@H]1n1cc[c-]nc1=O.Cc1cn([C@@H]2O[C@H](CO)C=C2SCC[Si](C)(C)C)c(=O)[nH]c1=O.[Y].[Y]. The molecule has 8 rings (SSSR count). The van der Waals surface area contributed by atoms with Crippen molar-refractivity contribution in [1.29, 1.82) is 0 Å². The first-order valence-electron chi connectivity index (χ1n) is 26.7. The minimum absolute atomic E-state index is 0. The van der Waals surface area contributed by atoms with E-state index in [0.29, 0.717) is 11.1 Å². The number of aliphatic hydroxyl groups excluding tert-OH is 4. The van der Waals surface area contributed by atoms with Gasteiger partial charge in [-0.2, -0.15) is 0 Å². The molecule has 0 saturated carbocycles. The fraction of sp³-hybridized carbons (Fsp3) is 0.556. The summed E-state index contributed by atoms with van der Waals surface area (Å²) in [4.78, 5) is 83.3. The van der Waals surface area contributed by atoms with Gasteiger partial charge in [0.25, 0.3) is 11.1 Å². The van der Waals surface area contributed by atoms with Crippen LogP contribution < -0.4 is 33.9 Å². The predicted octanol–water partition coefficient (Wildman–Crippen LogP) is 7.89. The number of nitrogens with zero attached hydrogens (tertiary/aromatic N) is 6. The smallest absolute Gasteiger partial charge is 0.330 e. The van der Waals surface area contributed by atoms with Crippen molar-refractivity contribution in [2.24, 2.45) is 0 Å². The van der Waals surface area contributed by atoms with Gasteiger partial charge in [0.2, 0.25) is 11.4 Å². The van der Waals surface area contributed by atoms with Crippen molar-refractivity contribution in [3.63, 3.8) is 0 Å². The molecule has 4 aromatic heterocycles. The van der Waals surface area contributed by atoms with Crippen molar-refractivity contribution in [3.05, 3.63) is 168 Å². The molecule has 486 valence electrons.